The molecular formula is C17H37IN4O2. The van der Waals surface area contributed by atoms with Crippen LogP contribution in [0.4, 0.5) is 0 Å². The van der Waals surface area contributed by atoms with Crippen molar-refractivity contribution in [1.29, 1.82) is 0 Å². The molecule has 0 saturated heterocycles. The number of guanidine groups is 1. The van der Waals surface area contributed by atoms with E-state index in [0.29, 0.717) is 25.5 Å². The van der Waals surface area contributed by atoms with Crippen molar-refractivity contribution in [2.24, 2.45) is 4.99 Å². The molecular weight excluding hydrogens is 419 g/mol. The van der Waals surface area contributed by atoms with E-state index in [1.54, 1.807) is 0 Å². The fourth-order valence-corrected chi connectivity index (χ4v) is 2.47. The van der Waals surface area contributed by atoms with Gasteiger partial charge in [-0.05, 0) is 33.6 Å². The van der Waals surface area contributed by atoms with E-state index in [9.17, 15) is 9.90 Å². The highest BCUT2D eigenvalue weighted by Gasteiger charge is 2.24. The van der Waals surface area contributed by atoms with E-state index in [2.05, 4.69) is 34.8 Å². The van der Waals surface area contributed by atoms with Crippen LogP contribution in [0.3, 0.4) is 0 Å². The molecule has 6 nitrogen and oxygen atoms in total. The standard InChI is InChI=1S/C17H36N4O2.HI/c1-6-10-17(23,11-7-2)13-20-16(18-8-3)19-12-9-15(22)21-14(4)5;/h14,23H,6-13H2,1-5H3,(H,21,22)(H2,18,19,20);1H. The fraction of sp³-hybridized carbons (Fsp3) is 0.882. The Kier molecular flexibility index (Phi) is 15.8. The molecule has 0 aliphatic rings. The summed E-state index contributed by atoms with van der Waals surface area (Å²) >= 11 is 0. The van der Waals surface area contributed by atoms with Gasteiger partial charge < -0.3 is 21.1 Å². The first-order chi connectivity index (χ1) is 10.9. The average Bonchev–Trinajstić information content (AvgIpc) is 2.44. The van der Waals surface area contributed by atoms with E-state index in [4.69, 9.17) is 0 Å². The predicted molar refractivity (Wildman–Crippen MR) is 112 cm³/mol. The molecule has 0 radical (unpaired) electrons. The molecule has 0 rings (SSSR count). The van der Waals surface area contributed by atoms with Crippen LogP contribution in [-0.4, -0.2) is 48.3 Å². The summed E-state index contributed by atoms with van der Waals surface area (Å²) in [4.78, 5) is 16.1. The highest BCUT2D eigenvalue weighted by Crippen LogP contribution is 2.19. The number of carbonyl (C=O) groups is 1. The zero-order valence-corrected chi connectivity index (χ0v) is 18.3. The molecule has 0 aromatic rings. The maximum atomic E-state index is 11.6. The molecule has 0 aromatic heterocycles. The lowest BCUT2D eigenvalue weighted by Gasteiger charge is -2.26. The third-order valence-corrected chi connectivity index (χ3v) is 3.40. The van der Waals surface area contributed by atoms with Gasteiger partial charge in [0, 0.05) is 25.6 Å². The molecule has 4 N–H and O–H groups in total. The van der Waals surface area contributed by atoms with Crippen molar-refractivity contribution >= 4 is 35.8 Å². The molecule has 0 aliphatic carbocycles. The van der Waals surface area contributed by atoms with Crippen LogP contribution in [0.5, 0.6) is 0 Å². The Morgan fingerprint density at radius 1 is 1.12 bits per heavy atom. The summed E-state index contributed by atoms with van der Waals surface area (Å²) in [6.45, 7) is 11.7. The van der Waals surface area contributed by atoms with E-state index in [1.165, 1.54) is 0 Å². The van der Waals surface area contributed by atoms with Crippen molar-refractivity contribution in [3.05, 3.63) is 0 Å². The van der Waals surface area contributed by atoms with Gasteiger partial charge in [0.05, 0.1) is 12.1 Å². The number of hydrogen-bond donors (Lipinski definition) is 4. The van der Waals surface area contributed by atoms with Crippen LogP contribution < -0.4 is 16.0 Å². The topological polar surface area (TPSA) is 85.8 Å². The van der Waals surface area contributed by atoms with Crippen molar-refractivity contribution in [3.8, 4) is 0 Å². The summed E-state index contributed by atoms with van der Waals surface area (Å²) in [6.07, 6.45) is 3.77. The molecule has 0 saturated carbocycles. The van der Waals surface area contributed by atoms with Crippen molar-refractivity contribution in [1.82, 2.24) is 16.0 Å². The Hall–Kier alpha value is -0.570. The van der Waals surface area contributed by atoms with Crippen molar-refractivity contribution < 1.29 is 9.90 Å². The minimum atomic E-state index is -0.735. The first-order valence-corrected chi connectivity index (χ1v) is 8.90. The summed E-state index contributed by atoms with van der Waals surface area (Å²) < 4.78 is 0. The van der Waals surface area contributed by atoms with Gasteiger partial charge in [-0.1, -0.05) is 26.7 Å². The van der Waals surface area contributed by atoms with Gasteiger partial charge in [-0.2, -0.15) is 0 Å². The predicted octanol–water partition coefficient (Wildman–Crippen LogP) is 2.41. The van der Waals surface area contributed by atoms with Crippen LogP contribution in [0, 0.1) is 0 Å². The number of nitrogens with zero attached hydrogens (tertiary/aromatic N) is 1. The first kappa shape index (κ1) is 25.7. The number of carbonyl (C=O) groups excluding carboxylic acids is 1. The molecule has 0 aliphatic heterocycles. The molecule has 0 heterocycles. The van der Waals surface area contributed by atoms with Gasteiger partial charge in [0.1, 0.15) is 0 Å². The Morgan fingerprint density at radius 2 is 1.71 bits per heavy atom. The quantitative estimate of drug-likeness (QED) is 0.219. The Morgan fingerprint density at radius 3 is 2.17 bits per heavy atom. The van der Waals surface area contributed by atoms with E-state index >= 15 is 0 Å². The van der Waals surface area contributed by atoms with Crippen LogP contribution in [0.25, 0.3) is 0 Å². The average molecular weight is 456 g/mol. The van der Waals surface area contributed by atoms with Gasteiger partial charge in [-0.3, -0.25) is 9.79 Å². The molecule has 0 spiro atoms. The van der Waals surface area contributed by atoms with Gasteiger partial charge >= 0.3 is 0 Å². The molecule has 7 heteroatoms. The van der Waals surface area contributed by atoms with E-state index in [1.807, 2.05) is 20.8 Å². The van der Waals surface area contributed by atoms with Gasteiger partial charge in [-0.25, -0.2) is 0 Å². The maximum absolute atomic E-state index is 11.6. The Labute approximate surface area is 164 Å². The number of aliphatic imine (C=N–C) groups is 1. The third-order valence-electron chi connectivity index (χ3n) is 3.40. The largest absolute Gasteiger partial charge is 0.388 e. The summed E-state index contributed by atoms with van der Waals surface area (Å²) in [6, 6.07) is 0.155. The van der Waals surface area contributed by atoms with Crippen molar-refractivity contribution in [3.63, 3.8) is 0 Å². The van der Waals surface area contributed by atoms with E-state index in [-0.39, 0.29) is 35.9 Å². The lowest BCUT2D eigenvalue weighted by atomic mass is 9.93. The van der Waals surface area contributed by atoms with Crippen LogP contribution in [-0.2, 0) is 4.79 Å². The number of nitrogens with one attached hydrogen (secondary N) is 3. The minimum Gasteiger partial charge on any atom is -0.388 e. The number of halogens is 1. The highest BCUT2D eigenvalue weighted by molar-refractivity contribution is 14.0. The van der Waals surface area contributed by atoms with Crippen LogP contribution in [0.2, 0.25) is 0 Å². The summed E-state index contributed by atoms with van der Waals surface area (Å²) in [5.41, 5.74) is -0.735. The molecule has 0 fully saturated rings. The third kappa shape index (κ3) is 12.8. The first-order valence-electron chi connectivity index (χ1n) is 8.90. The normalized spacial score (nSPS) is 11.9. The van der Waals surface area contributed by atoms with Crippen molar-refractivity contribution in [2.45, 2.75) is 78.4 Å². The molecule has 0 aromatic carbocycles. The zero-order valence-electron chi connectivity index (χ0n) is 15.9. The lowest BCUT2D eigenvalue weighted by molar-refractivity contribution is -0.121. The highest BCUT2D eigenvalue weighted by atomic mass is 127. The molecule has 144 valence electrons. The van der Waals surface area contributed by atoms with Gasteiger partial charge in [0.15, 0.2) is 5.96 Å². The number of amides is 1. The molecule has 24 heavy (non-hydrogen) atoms. The van der Waals surface area contributed by atoms with E-state index < -0.39 is 5.60 Å². The Balaban J connectivity index is 0. The molecule has 1 amide bonds. The SMILES string of the molecule is CCCC(O)(CCC)CN=C(NCC)NCCC(=O)NC(C)C.I. The second-order valence-electron chi connectivity index (χ2n) is 6.32. The minimum absolute atomic E-state index is 0. The summed E-state index contributed by atoms with van der Waals surface area (Å²) in [5, 5.41) is 19.8. The summed E-state index contributed by atoms with van der Waals surface area (Å²) in [5.74, 6) is 0.673. The second-order valence-corrected chi connectivity index (χ2v) is 6.32. The monoisotopic (exact) mass is 456 g/mol. The van der Waals surface area contributed by atoms with Gasteiger partial charge in [0.25, 0.3) is 0 Å². The molecule has 0 bridgehead atoms. The molecule has 0 unspecified atom stereocenters. The maximum Gasteiger partial charge on any atom is 0.221 e. The zero-order chi connectivity index (χ0) is 17.7. The summed E-state index contributed by atoms with van der Waals surface area (Å²) in [7, 11) is 0. The van der Waals surface area contributed by atoms with Gasteiger partial charge in [-0.15, -0.1) is 24.0 Å². The fourth-order valence-electron chi connectivity index (χ4n) is 2.47. The molecule has 0 atom stereocenters. The number of rotatable bonds is 11. The van der Waals surface area contributed by atoms with Gasteiger partial charge in [0.2, 0.25) is 5.91 Å². The number of hydrogen-bond acceptors (Lipinski definition) is 3. The van der Waals surface area contributed by atoms with Crippen LogP contribution in [0.1, 0.15) is 66.7 Å². The smallest absolute Gasteiger partial charge is 0.221 e. The van der Waals surface area contributed by atoms with E-state index in [0.717, 1.165) is 32.2 Å². The Bertz CT molecular complexity index is 356. The van der Waals surface area contributed by atoms with Crippen LogP contribution >= 0.6 is 24.0 Å². The lowest BCUT2D eigenvalue weighted by Crippen LogP contribution is -2.41. The second kappa shape index (κ2) is 14.7. The van der Waals surface area contributed by atoms with Crippen molar-refractivity contribution in [2.75, 3.05) is 19.6 Å². The van der Waals surface area contributed by atoms with Crippen LogP contribution in [0.15, 0.2) is 4.99 Å². The number of aliphatic hydroxyl groups is 1.